The fourth-order valence-electron chi connectivity index (χ4n) is 3.63. The van der Waals surface area contributed by atoms with Crippen molar-refractivity contribution in [2.24, 2.45) is 0 Å². The summed E-state index contributed by atoms with van der Waals surface area (Å²) in [6, 6.07) is 8.12. The van der Waals surface area contributed by atoms with E-state index in [2.05, 4.69) is 27.1 Å². The quantitative estimate of drug-likeness (QED) is 0.741. The van der Waals surface area contributed by atoms with Crippen molar-refractivity contribution in [1.29, 1.82) is 0 Å². The van der Waals surface area contributed by atoms with E-state index in [0.717, 1.165) is 46.5 Å². The predicted molar refractivity (Wildman–Crippen MR) is 102 cm³/mol. The van der Waals surface area contributed by atoms with Crippen LogP contribution in [0.25, 0.3) is 4.96 Å². The molecule has 0 bridgehead atoms. The topological polar surface area (TPSA) is 62.9 Å². The summed E-state index contributed by atoms with van der Waals surface area (Å²) in [5.41, 5.74) is 1.13. The monoisotopic (exact) mass is 372 g/mol. The van der Waals surface area contributed by atoms with Gasteiger partial charge in [-0.3, -0.25) is 4.90 Å². The van der Waals surface area contributed by atoms with Crippen LogP contribution in [0.1, 0.15) is 48.5 Å². The number of ether oxygens (including phenoxy) is 1. The Balaban J connectivity index is 1.81. The molecule has 7 heteroatoms. The highest BCUT2D eigenvalue weighted by Crippen LogP contribution is 2.41. The maximum Gasteiger partial charge on any atom is 0.230 e. The van der Waals surface area contributed by atoms with Crippen molar-refractivity contribution >= 4 is 16.3 Å². The van der Waals surface area contributed by atoms with Crippen LogP contribution in [-0.4, -0.2) is 44.8 Å². The van der Waals surface area contributed by atoms with Crippen molar-refractivity contribution in [3.05, 3.63) is 40.5 Å². The van der Waals surface area contributed by atoms with Crippen LogP contribution >= 0.6 is 11.3 Å². The number of nitrogens with zero attached hydrogens (tertiary/aromatic N) is 4. The lowest BCUT2D eigenvalue weighted by Gasteiger charge is -2.34. The second-order valence-corrected chi connectivity index (χ2v) is 7.65. The molecule has 1 aliphatic rings. The molecule has 26 heavy (non-hydrogen) atoms. The van der Waals surface area contributed by atoms with Gasteiger partial charge in [0.05, 0.1) is 18.0 Å². The van der Waals surface area contributed by atoms with E-state index in [4.69, 9.17) is 4.74 Å². The Bertz CT molecular complexity index is 898. The van der Waals surface area contributed by atoms with Crippen molar-refractivity contribution < 1.29 is 9.84 Å². The van der Waals surface area contributed by atoms with Crippen molar-refractivity contribution in [1.82, 2.24) is 19.5 Å². The minimum absolute atomic E-state index is 0.0102. The third-order valence-corrected chi connectivity index (χ3v) is 6.05. The zero-order valence-corrected chi connectivity index (χ0v) is 16.0. The van der Waals surface area contributed by atoms with Crippen LogP contribution in [0, 0.1) is 0 Å². The molecule has 6 nitrogen and oxygen atoms in total. The van der Waals surface area contributed by atoms with Crippen LogP contribution in [0.5, 0.6) is 11.6 Å². The number of thiazole rings is 1. The number of likely N-dealkylation sites (tertiary alicyclic amines) is 1. The third kappa shape index (κ3) is 3.05. The fourth-order valence-corrected chi connectivity index (χ4v) is 4.77. The highest BCUT2D eigenvalue weighted by molar-refractivity contribution is 7.17. The van der Waals surface area contributed by atoms with Crippen molar-refractivity contribution in [2.75, 3.05) is 20.2 Å². The van der Waals surface area contributed by atoms with Gasteiger partial charge in [-0.25, -0.2) is 4.98 Å². The Morgan fingerprint density at radius 1 is 1.27 bits per heavy atom. The molecule has 3 aromatic rings. The first-order valence-electron chi connectivity index (χ1n) is 9.16. The minimum atomic E-state index is -0.0102. The van der Waals surface area contributed by atoms with Crippen molar-refractivity contribution in [3.8, 4) is 11.6 Å². The van der Waals surface area contributed by atoms with E-state index in [1.807, 2.05) is 19.1 Å². The zero-order chi connectivity index (χ0) is 18.1. The molecule has 0 radical (unpaired) electrons. The van der Waals surface area contributed by atoms with Gasteiger partial charge in [-0.2, -0.15) is 4.52 Å². The highest BCUT2D eigenvalue weighted by atomic mass is 32.1. The fraction of sp³-hybridized carbons (Fsp3) is 0.474. The van der Waals surface area contributed by atoms with E-state index in [0.29, 0.717) is 0 Å². The first kappa shape index (κ1) is 17.3. The second kappa shape index (κ2) is 7.25. The molecular formula is C19H24N4O2S. The average Bonchev–Trinajstić information content (AvgIpc) is 3.23. The molecule has 1 aromatic carbocycles. The summed E-state index contributed by atoms with van der Waals surface area (Å²) in [7, 11) is 1.68. The van der Waals surface area contributed by atoms with Gasteiger partial charge < -0.3 is 9.84 Å². The van der Waals surface area contributed by atoms with Gasteiger partial charge in [-0.05, 0) is 43.6 Å². The molecule has 1 atom stereocenters. The lowest BCUT2D eigenvalue weighted by Crippen LogP contribution is -2.34. The first-order chi connectivity index (χ1) is 12.7. The van der Waals surface area contributed by atoms with Gasteiger partial charge in [-0.1, -0.05) is 36.8 Å². The van der Waals surface area contributed by atoms with Crippen LogP contribution in [0.15, 0.2) is 24.3 Å². The van der Waals surface area contributed by atoms with Gasteiger partial charge in [0.25, 0.3) is 0 Å². The Morgan fingerprint density at radius 3 is 2.77 bits per heavy atom. The number of benzene rings is 1. The normalized spacial score (nSPS) is 16.8. The van der Waals surface area contributed by atoms with E-state index < -0.39 is 0 Å². The number of aryl methyl sites for hydroxylation is 1. The van der Waals surface area contributed by atoms with Crippen LogP contribution in [0.2, 0.25) is 0 Å². The van der Waals surface area contributed by atoms with E-state index in [1.165, 1.54) is 30.6 Å². The second-order valence-electron chi connectivity index (χ2n) is 6.64. The Hall–Kier alpha value is -2.12. The summed E-state index contributed by atoms with van der Waals surface area (Å²) in [4.78, 5) is 8.63. The number of aromatic hydroxyl groups is 1. The third-order valence-electron chi connectivity index (χ3n) is 4.97. The molecule has 0 saturated carbocycles. The van der Waals surface area contributed by atoms with Crippen LogP contribution in [0.4, 0.5) is 0 Å². The zero-order valence-electron chi connectivity index (χ0n) is 15.2. The van der Waals surface area contributed by atoms with E-state index in [-0.39, 0.29) is 11.9 Å². The molecule has 0 amide bonds. The molecule has 0 spiro atoms. The summed E-state index contributed by atoms with van der Waals surface area (Å²) in [6.07, 6.45) is 4.39. The summed E-state index contributed by atoms with van der Waals surface area (Å²) < 4.78 is 7.00. The van der Waals surface area contributed by atoms with Gasteiger partial charge in [-0.15, -0.1) is 5.10 Å². The Labute approximate surface area is 157 Å². The van der Waals surface area contributed by atoms with E-state index in [9.17, 15) is 5.11 Å². The van der Waals surface area contributed by atoms with Crippen molar-refractivity contribution in [2.45, 2.75) is 38.6 Å². The number of hydrogen-bond donors (Lipinski definition) is 1. The maximum absolute atomic E-state index is 10.9. The molecule has 1 saturated heterocycles. The molecule has 1 fully saturated rings. The molecule has 2 aromatic heterocycles. The Morgan fingerprint density at radius 2 is 2.08 bits per heavy atom. The average molecular weight is 372 g/mol. The Kier molecular flexibility index (Phi) is 4.82. The first-order valence-corrected chi connectivity index (χ1v) is 9.98. The van der Waals surface area contributed by atoms with Gasteiger partial charge >= 0.3 is 0 Å². The largest absolute Gasteiger partial charge is 0.497 e. The van der Waals surface area contributed by atoms with E-state index in [1.54, 1.807) is 11.6 Å². The molecule has 4 rings (SSSR count). The molecular weight excluding hydrogens is 348 g/mol. The SMILES string of the molecule is CCc1nc2sc(C(c3cccc(OC)c3)N3CCCCC3)c(O)n2n1. The number of methoxy groups -OCH3 is 1. The van der Waals surface area contributed by atoms with Crippen LogP contribution in [-0.2, 0) is 6.42 Å². The van der Waals surface area contributed by atoms with Gasteiger partial charge in [0.15, 0.2) is 5.82 Å². The predicted octanol–water partition coefficient (Wildman–Crippen LogP) is 3.64. The standard InChI is InChI=1S/C19H24N4O2S/c1-3-15-20-19-23(21-15)18(24)17(26-19)16(22-10-5-4-6-11-22)13-8-7-9-14(12-13)25-2/h7-9,12,16,24H,3-6,10-11H2,1-2H3. The molecule has 1 aliphatic heterocycles. The molecule has 138 valence electrons. The maximum atomic E-state index is 10.9. The molecule has 1 unspecified atom stereocenters. The summed E-state index contributed by atoms with van der Waals surface area (Å²) in [5.74, 6) is 1.79. The number of hydrogen-bond acceptors (Lipinski definition) is 6. The molecule has 1 N–H and O–H groups in total. The van der Waals surface area contributed by atoms with Gasteiger partial charge in [0.1, 0.15) is 5.75 Å². The van der Waals surface area contributed by atoms with Crippen LogP contribution < -0.4 is 4.74 Å². The lowest BCUT2D eigenvalue weighted by molar-refractivity contribution is 0.186. The van der Waals surface area contributed by atoms with Crippen molar-refractivity contribution in [3.63, 3.8) is 0 Å². The van der Waals surface area contributed by atoms with E-state index >= 15 is 0 Å². The van der Waals surface area contributed by atoms with Gasteiger partial charge in [0, 0.05) is 6.42 Å². The smallest absolute Gasteiger partial charge is 0.230 e. The summed E-state index contributed by atoms with van der Waals surface area (Å²) in [6.45, 7) is 4.06. The lowest BCUT2D eigenvalue weighted by atomic mass is 10.00. The summed E-state index contributed by atoms with van der Waals surface area (Å²) >= 11 is 1.53. The van der Waals surface area contributed by atoms with Crippen LogP contribution in [0.3, 0.4) is 0 Å². The molecule has 3 heterocycles. The number of aromatic nitrogens is 3. The highest BCUT2D eigenvalue weighted by Gasteiger charge is 2.30. The molecule has 0 aliphatic carbocycles. The minimum Gasteiger partial charge on any atom is -0.497 e. The summed E-state index contributed by atoms with van der Waals surface area (Å²) in [5, 5.41) is 15.3. The van der Waals surface area contributed by atoms with Gasteiger partial charge in [0.2, 0.25) is 10.8 Å². The number of fused-ring (bicyclic) bond motifs is 1. The number of piperidine rings is 1. The number of rotatable bonds is 5.